The van der Waals surface area contributed by atoms with E-state index in [1.165, 1.54) is 18.2 Å². The molecule has 0 N–H and O–H groups in total. The van der Waals surface area contributed by atoms with Crippen LogP contribution in [-0.4, -0.2) is 60.0 Å². The molecular formula is C21H26ClFN2O3. The molecular weight excluding hydrogens is 383 g/mol. The molecule has 1 aromatic carbocycles. The van der Waals surface area contributed by atoms with Gasteiger partial charge in [-0.1, -0.05) is 11.6 Å². The molecule has 0 bridgehead atoms. The smallest absolute Gasteiger partial charge is 0.253 e. The Hall–Kier alpha value is -1.66. The highest BCUT2D eigenvalue weighted by Gasteiger charge is 2.41. The number of piperidine rings is 1. The molecule has 1 aromatic rings. The lowest BCUT2D eigenvalue weighted by Gasteiger charge is -2.44. The van der Waals surface area contributed by atoms with Gasteiger partial charge in [0, 0.05) is 49.9 Å². The van der Waals surface area contributed by atoms with Crippen LogP contribution in [0, 0.1) is 11.7 Å². The van der Waals surface area contributed by atoms with E-state index < -0.39 is 5.82 Å². The maximum atomic E-state index is 13.4. The van der Waals surface area contributed by atoms with Crippen molar-refractivity contribution in [2.45, 2.75) is 50.6 Å². The van der Waals surface area contributed by atoms with Gasteiger partial charge in [0.05, 0.1) is 5.02 Å². The Morgan fingerprint density at radius 3 is 2.54 bits per heavy atom. The minimum Gasteiger partial charge on any atom is -0.381 e. The van der Waals surface area contributed by atoms with E-state index in [4.69, 9.17) is 16.3 Å². The number of amides is 2. The van der Waals surface area contributed by atoms with Gasteiger partial charge >= 0.3 is 0 Å². The van der Waals surface area contributed by atoms with Crippen LogP contribution < -0.4 is 0 Å². The monoisotopic (exact) mass is 408 g/mol. The molecule has 5 nitrogen and oxygen atoms in total. The van der Waals surface area contributed by atoms with Crippen molar-refractivity contribution < 1.29 is 18.7 Å². The molecule has 28 heavy (non-hydrogen) atoms. The number of hydrogen-bond donors (Lipinski definition) is 0. The molecule has 152 valence electrons. The maximum Gasteiger partial charge on any atom is 0.253 e. The molecule has 2 aliphatic heterocycles. The topological polar surface area (TPSA) is 49.9 Å². The Bertz CT molecular complexity index is 749. The minimum absolute atomic E-state index is 0.0322. The predicted octanol–water partition coefficient (Wildman–Crippen LogP) is 3.50. The van der Waals surface area contributed by atoms with Gasteiger partial charge in [-0.3, -0.25) is 9.59 Å². The molecule has 2 saturated heterocycles. The van der Waals surface area contributed by atoms with E-state index in [9.17, 15) is 14.0 Å². The van der Waals surface area contributed by atoms with Gasteiger partial charge in [0.2, 0.25) is 5.91 Å². The van der Waals surface area contributed by atoms with Crippen molar-refractivity contribution in [1.29, 1.82) is 0 Å². The predicted molar refractivity (Wildman–Crippen MR) is 104 cm³/mol. The standard InChI is InChI=1S/C21H26ClFN2O3/c22-18-12-15(5-6-19(18)23)20(26)24-9-1-2-17(13-24)25(21(27)14-3-4-14)16-7-10-28-11-8-16/h5-6,12,14,16-17H,1-4,7-11,13H2. The molecule has 1 aliphatic carbocycles. The van der Waals surface area contributed by atoms with Gasteiger partial charge in [0.15, 0.2) is 0 Å². The summed E-state index contributed by atoms with van der Waals surface area (Å²) in [6.45, 7) is 2.53. The summed E-state index contributed by atoms with van der Waals surface area (Å²) in [7, 11) is 0. The molecule has 3 aliphatic rings. The molecule has 0 radical (unpaired) electrons. The quantitative estimate of drug-likeness (QED) is 0.766. The first-order chi connectivity index (χ1) is 13.5. The van der Waals surface area contributed by atoms with Crippen molar-refractivity contribution >= 4 is 23.4 Å². The highest BCUT2D eigenvalue weighted by molar-refractivity contribution is 6.31. The summed E-state index contributed by atoms with van der Waals surface area (Å²) in [6.07, 6.45) is 5.42. The van der Waals surface area contributed by atoms with Gasteiger partial charge < -0.3 is 14.5 Å². The molecule has 1 saturated carbocycles. The van der Waals surface area contributed by atoms with Crippen LogP contribution in [0.5, 0.6) is 0 Å². The zero-order valence-electron chi connectivity index (χ0n) is 15.9. The lowest BCUT2D eigenvalue weighted by molar-refractivity contribution is -0.141. The van der Waals surface area contributed by atoms with Gasteiger partial charge in [-0.2, -0.15) is 0 Å². The van der Waals surface area contributed by atoms with Gasteiger partial charge in [0.1, 0.15) is 5.82 Å². The normalized spacial score (nSPS) is 23.5. The molecule has 4 rings (SSSR count). The van der Waals surface area contributed by atoms with Crippen molar-refractivity contribution in [1.82, 2.24) is 9.80 Å². The highest BCUT2D eigenvalue weighted by atomic mass is 35.5. The number of carbonyl (C=O) groups is 2. The van der Waals surface area contributed by atoms with Crippen LogP contribution in [0.4, 0.5) is 4.39 Å². The number of nitrogens with zero attached hydrogens (tertiary/aromatic N) is 2. The average Bonchev–Trinajstić information content (AvgIpc) is 3.56. The number of likely N-dealkylation sites (tertiary alicyclic amines) is 1. The fourth-order valence-corrected chi connectivity index (χ4v) is 4.52. The zero-order chi connectivity index (χ0) is 19.7. The Kier molecular flexibility index (Phi) is 5.88. The third kappa shape index (κ3) is 4.18. The summed E-state index contributed by atoms with van der Waals surface area (Å²) in [6, 6.07) is 4.31. The second-order valence-corrected chi connectivity index (χ2v) is 8.45. The largest absolute Gasteiger partial charge is 0.381 e. The van der Waals surface area contributed by atoms with Crippen LogP contribution in [0.2, 0.25) is 5.02 Å². The first-order valence-electron chi connectivity index (χ1n) is 10.2. The Labute approximate surface area is 169 Å². The Morgan fingerprint density at radius 2 is 1.86 bits per heavy atom. The third-order valence-corrected chi connectivity index (χ3v) is 6.30. The highest BCUT2D eigenvalue weighted by Crippen LogP contribution is 2.35. The number of ether oxygens (including phenoxy) is 1. The second kappa shape index (κ2) is 8.37. The van der Waals surface area contributed by atoms with Crippen molar-refractivity contribution in [3.8, 4) is 0 Å². The van der Waals surface area contributed by atoms with E-state index >= 15 is 0 Å². The third-order valence-electron chi connectivity index (χ3n) is 6.01. The Balaban J connectivity index is 1.50. The number of hydrogen-bond acceptors (Lipinski definition) is 3. The van der Waals surface area contributed by atoms with E-state index in [2.05, 4.69) is 4.90 Å². The zero-order valence-corrected chi connectivity index (χ0v) is 16.7. The van der Waals surface area contributed by atoms with Crippen molar-refractivity contribution in [2.75, 3.05) is 26.3 Å². The molecule has 2 heterocycles. The van der Waals surface area contributed by atoms with Crippen molar-refractivity contribution in [3.05, 3.63) is 34.6 Å². The number of benzene rings is 1. The summed E-state index contributed by atoms with van der Waals surface area (Å²) in [4.78, 5) is 29.9. The van der Waals surface area contributed by atoms with Gasteiger partial charge in [-0.05, 0) is 56.7 Å². The van der Waals surface area contributed by atoms with E-state index in [0.29, 0.717) is 31.9 Å². The molecule has 0 aromatic heterocycles. The van der Waals surface area contributed by atoms with Crippen molar-refractivity contribution in [3.63, 3.8) is 0 Å². The molecule has 0 spiro atoms. The first kappa shape index (κ1) is 19.6. The fraction of sp³-hybridized carbons (Fsp3) is 0.619. The maximum absolute atomic E-state index is 13.4. The fourth-order valence-electron chi connectivity index (χ4n) is 4.34. The van der Waals surface area contributed by atoms with Crippen LogP contribution in [0.3, 0.4) is 0 Å². The summed E-state index contributed by atoms with van der Waals surface area (Å²) in [5, 5.41) is -0.0489. The second-order valence-electron chi connectivity index (χ2n) is 8.04. The minimum atomic E-state index is -0.532. The summed E-state index contributed by atoms with van der Waals surface area (Å²) < 4.78 is 18.9. The van der Waals surface area contributed by atoms with E-state index in [1.54, 1.807) is 4.90 Å². The van der Waals surface area contributed by atoms with Gasteiger partial charge in [-0.15, -0.1) is 0 Å². The van der Waals surface area contributed by atoms with E-state index in [0.717, 1.165) is 38.5 Å². The SMILES string of the molecule is O=C(c1ccc(F)c(Cl)c1)N1CCCC(N(C(=O)C2CC2)C2CCOCC2)C1. The van der Waals surface area contributed by atoms with Crippen LogP contribution >= 0.6 is 11.6 Å². The van der Waals surface area contributed by atoms with E-state index in [1.807, 2.05) is 0 Å². The molecule has 1 atom stereocenters. The van der Waals surface area contributed by atoms with Gasteiger partial charge in [0.25, 0.3) is 5.91 Å². The van der Waals surface area contributed by atoms with Crippen LogP contribution in [0.25, 0.3) is 0 Å². The molecule has 7 heteroatoms. The van der Waals surface area contributed by atoms with Crippen LogP contribution in [0.1, 0.15) is 48.9 Å². The lowest BCUT2D eigenvalue weighted by atomic mass is 9.97. The summed E-state index contributed by atoms with van der Waals surface area (Å²) in [5.41, 5.74) is 0.387. The molecule has 2 amide bonds. The van der Waals surface area contributed by atoms with Gasteiger partial charge in [-0.25, -0.2) is 4.39 Å². The number of carbonyl (C=O) groups excluding carboxylic acids is 2. The van der Waals surface area contributed by atoms with E-state index in [-0.39, 0.29) is 34.8 Å². The summed E-state index contributed by atoms with van der Waals surface area (Å²) >= 11 is 5.85. The molecule has 3 fully saturated rings. The van der Waals surface area contributed by atoms with Crippen LogP contribution in [0.15, 0.2) is 18.2 Å². The molecule has 1 unspecified atom stereocenters. The first-order valence-corrected chi connectivity index (χ1v) is 10.6. The Morgan fingerprint density at radius 1 is 1.11 bits per heavy atom. The lowest BCUT2D eigenvalue weighted by Crippen LogP contribution is -2.56. The average molecular weight is 409 g/mol. The summed E-state index contributed by atoms with van der Waals surface area (Å²) in [5.74, 6) is -0.284. The van der Waals surface area contributed by atoms with Crippen molar-refractivity contribution in [2.24, 2.45) is 5.92 Å². The van der Waals surface area contributed by atoms with Crippen LogP contribution in [-0.2, 0) is 9.53 Å². The number of rotatable bonds is 4. The number of halogens is 2.